The summed E-state index contributed by atoms with van der Waals surface area (Å²) >= 11 is 0. The second kappa shape index (κ2) is 5.29. The lowest BCUT2D eigenvalue weighted by atomic mass is 9.94. The number of benzene rings is 1. The molecule has 0 atom stereocenters. The van der Waals surface area contributed by atoms with Crippen molar-refractivity contribution < 1.29 is 9.18 Å². The molecule has 2 aliphatic heterocycles. The van der Waals surface area contributed by atoms with E-state index in [9.17, 15) is 9.18 Å². The maximum Gasteiger partial charge on any atom is 0.226 e. The fourth-order valence-corrected chi connectivity index (χ4v) is 3.04. The lowest BCUT2D eigenvalue weighted by Gasteiger charge is -2.33. The number of nitrogens with one attached hydrogen (secondary N) is 1. The number of carbonyl (C=O) groups excluding carboxylic acids is 1. The van der Waals surface area contributed by atoms with E-state index in [-0.39, 0.29) is 17.6 Å². The lowest BCUT2D eigenvalue weighted by Crippen LogP contribution is -2.43. The molecule has 3 nitrogen and oxygen atoms in total. The van der Waals surface area contributed by atoms with Gasteiger partial charge in [-0.1, -0.05) is 6.07 Å². The second-order valence-electron chi connectivity index (χ2n) is 5.45. The van der Waals surface area contributed by atoms with Gasteiger partial charge in [-0.2, -0.15) is 0 Å². The molecule has 2 aliphatic rings. The molecule has 0 radical (unpaired) electrons. The van der Waals surface area contributed by atoms with Crippen LogP contribution >= 0.6 is 0 Å². The van der Waals surface area contributed by atoms with Gasteiger partial charge in [0.05, 0.1) is 0 Å². The van der Waals surface area contributed by atoms with E-state index >= 15 is 0 Å². The Morgan fingerprint density at radius 1 is 1.26 bits per heavy atom. The Bertz CT molecular complexity index is 483. The average Bonchev–Trinajstić information content (AvgIpc) is 2.47. The first-order chi connectivity index (χ1) is 9.24. The Balaban J connectivity index is 1.71. The molecule has 0 spiro atoms. The minimum atomic E-state index is -0.183. The maximum atomic E-state index is 13.2. The Hall–Kier alpha value is -1.42. The van der Waals surface area contributed by atoms with Crippen molar-refractivity contribution in [2.24, 2.45) is 5.92 Å². The molecule has 1 saturated heterocycles. The van der Waals surface area contributed by atoms with Gasteiger partial charge < -0.3 is 10.2 Å². The van der Waals surface area contributed by atoms with Crippen LogP contribution in [0.15, 0.2) is 18.2 Å². The number of halogens is 1. The summed E-state index contributed by atoms with van der Waals surface area (Å²) in [7, 11) is 0. The first kappa shape index (κ1) is 12.6. The Morgan fingerprint density at radius 2 is 2.05 bits per heavy atom. The summed E-state index contributed by atoms with van der Waals surface area (Å²) in [6.45, 7) is 3.23. The maximum absolute atomic E-state index is 13.2. The first-order valence-electron chi connectivity index (χ1n) is 7.01. The third-order valence-corrected chi connectivity index (χ3v) is 4.18. The number of fused-ring (bicyclic) bond motifs is 1. The molecule has 102 valence electrons. The third kappa shape index (κ3) is 2.63. The molecule has 1 fully saturated rings. The molecule has 0 saturated carbocycles. The largest absolute Gasteiger partial charge is 0.338 e. The number of piperidine rings is 1. The molecule has 1 amide bonds. The fourth-order valence-electron chi connectivity index (χ4n) is 3.04. The van der Waals surface area contributed by atoms with Crippen LogP contribution in [0, 0.1) is 11.7 Å². The average molecular weight is 262 g/mol. The van der Waals surface area contributed by atoms with E-state index in [1.54, 1.807) is 6.07 Å². The van der Waals surface area contributed by atoms with Gasteiger partial charge in [0, 0.05) is 19.0 Å². The summed E-state index contributed by atoms with van der Waals surface area (Å²) < 4.78 is 13.2. The van der Waals surface area contributed by atoms with Crippen LogP contribution < -0.4 is 5.32 Å². The van der Waals surface area contributed by atoms with Crippen LogP contribution in [-0.4, -0.2) is 30.4 Å². The van der Waals surface area contributed by atoms with Crippen molar-refractivity contribution in [3.63, 3.8) is 0 Å². The quantitative estimate of drug-likeness (QED) is 0.835. The molecule has 2 heterocycles. The van der Waals surface area contributed by atoms with Gasteiger partial charge in [-0.3, -0.25) is 4.79 Å². The summed E-state index contributed by atoms with van der Waals surface area (Å²) in [6, 6.07) is 4.89. The van der Waals surface area contributed by atoms with Gasteiger partial charge in [0.15, 0.2) is 0 Å². The molecule has 0 bridgehead atoms. The molecule has 0 aliphatic carbocycles. The molecule has 19 heavy (non-hydrogen) atoms. The van der Waals surface area contributed by atoms with Gasteiger partial charge >= 0.3 is 0 Å². The minimum Gasteiger partial charge on any atom is -0.338 e. The zero-order valence-electron chi connectivity index (χ0n) is 11.0. The highest BCUT2D eigenvalue weighted by atomic mass is 19.1. The first-order valence-corrected chi connectivity index (χ1v) is 7.01. The van der Waals surface area contributed by atoms with Crippen molar-refractivity contribution in [3.8, 4) is 0 Å². The highest BCUT2D eigenvalue weighted by Gasteiger charge is 2.28. The highest BCUT2D eigenvalue weighted by molar-refractivity contribution is 5.79. The molecule has 1 aromatic carbocycles. The van der Waals surface area contributed by atoms with Crippen LogP contribution in [-0.2, 0) is 17.8 Å². The van der Waals surface area contributed by atoms with E-state index in [2.05, 4.69) is 5.32 Å². The normalized spacial score (nSPS) is 20.2. The Labute approximate surface area is 112 Å². The summed E-state index contributed by atoms with van der Waals surface area (Å²) in [5.41, 5.74) is 2.14. The summed E-state index contributed by atoms with van der Waals surface area (Å²) in [4.78, 5) is 14.4. The van der Waals surface area contributed by atoms with Crippen LogP contribution in [0.2, 0.25) is 0 Å². The lowest BCUT2D eigenvalue weighted by molar-refractivity contribution is -0.137. The standard InChI is InChI=1S/C15H19FN2O/c16-14-2-1-13-10-18(8-5-12(13)9-14)15(19)11-3-6-17-7-4-11/h1-2,9,11,17H,3-8,10H2. The molecule has 1 aromatic rings. The molecular weight excluding hydrogens is 243 g/mol. The van der Waals surface area contributed by atoms with Gasteiger partial charge in [-0.15, -0.1) is 0 Å². The SMILES string of the molecule is O=C(C1CCNCC1)N1CCc2cc(F)ccc2C1. The molecule has 3 rings (SSSR count). The molecular formula is C15H19FN2O. The number of amides is 1. The predicted octanol–water partition coefficient (Wildman–Crippen LogP) is 1.71. The molecule has 4 heteroatoms. The van der Waals surface area contributed by atoms with Crippen molar-refractivity contribution in [1.82, 2.24) is 10.2 Å². The number of hydrogen-bond acceptors (Lipinski definition) is 2. The Kier molecular flexibility index (Phi) is 3.51. The van der Waals surface area contributed by atoms with E-state index in [0.29, 0.717) is 6.54 Å². The third-order valence-electron chi connectivity index (χ3n) is 4.18. The van der Waals surface area contributed by atoms with E-state index in [1.807, 2.05) is 11.0 Å². The summed E-state index contributed by atoms with van der Waals surface area (Å²) in [6.07, 6.45) is 2.64. The van der Waals surface area contributed by atoms with Gasteiger partial charge in [0.2, 0.25) is 5.91 Å². The number of nitrogens with zero attached hydrogens (tertiary/aromatic N) is 1. The van der Waals surface area contributed by atoms with Gasteiger partial charge in [0.1, 0.15) is 5.82 Å². The Morgan fingerprint density at radius 3 is 2.84 bits per heavy atom. The van der Waals surface area contributed by atoms with Crippen molar-refractivity contribution in [2.45, 2.75) is 25.8 Å². The summed E-state index contributed by atoms with van der Waals surface area (Å²) in [5, 5.41) is 3.28. The molecule has 0 aromatic heterocycles. The minimum absolute atomic E-state index is 0.170. The van der Waals surface area contributed by atoms with Crippen molar-refractivity contribution >= 4 is 5.91 Å². The molecule has 0 unspecified atom stereocenters. The van der Waals surface area contributed by atoms with Crippen molar-refractivity contribution in [2.75, 3.05) is 19.6 Å². The van der Waals surface area contributed by atoms with Crippen LogP contribution in [0.1, 0.15) is 24.0 Å². The highest BCUT2D eigenvalue weighted by Crippen LogP contribution is 2.23. The van der Waals surface area contributed by atoms with Gasteiger partial charge in [-0.25, -0.2) is 4.39 Å². The van der Waals surface area contributed by atoms with Gasteiger partial charge in [-0.05, 0) is 55.6 Å². The van der Waals surface area contributed by atoms with Crippen LogP contribution in [0.4, 0.5) is 4.39 Å². The van der Waals surface area contributed by atoms with Crippen molar-refractivity contribution in [3.05, 3.63) is 35.1 Å². The predicted molar refractivity (Wildman–Crippen MR) is 71.1 cm³/mol. The van der Waals surface area contributed by atoms with Crippen LogP contribution in [0.25, 0.3) is 0 Å². The zero-order valence-corrected chi connectivity index (χ0v) is 11.0. The van der Waals surface area contributed by atoms with E-state index in [0.717, 1.165) is 50.0 Å². The summed E-state index contributed by atoms with van der Waals surface area (Å²) in [5.74, 6) is 0.261. The topological polar surface area (TPSA) is 32.3 Å². The van der Waals surface area contributed by atoms with Crippen LogP contribution in [0.3, 0.4) is 0 Å². The van der Waals surface area contributed by atoms with E-state index in [1.165, 1.54) is 6.07 Å². The van der Waals surface area contributed by atoms with E-state index < -0.39 is 0 Å². The zero-order chi connectivity index (χ0) is 13.2. The molecule has 1 N–H and O–H groups in total. The van der Waals surface area contributed by atoms with Crippen molar-refractivity contribution in [1.29, 1.82) is 0 Å². The van der Waals surface area contributed by atoms with Gasteiger partial charge in [0.25, 0.3) is 0 Å². The fraction of sp³-hybridized carbons (Fsp3) is 0.533. The monoisotopic (exact) mass is 262 g/mol. The number of carbonyl (C=O) groups is 1. The number of rotatable bonds is 1. The smallest absolute Gasteiger partial charge is 0.226 e. The second-order valence-corrected chi connectivity index (χ2v) is 5.45. The number of hydrogen-bond donors (Lipinski definition) is 1. The van der Waals surface area contributed by atoms with Crippen LogP contribution in [0.5, 0.6) is 0 Å². The van der Waals surface area contributed by atoms with E-state index in [4.69, 9.17) is 0 Å².